The number of nitrogens with zero attached hydrogens (tertiary/aromatic N) is 3. The second kappa shape index (κ2) is 7.35. The Morgan fingerprint density at radius 2 is 1.93 bits per heavy atom. The lowest BCUT2D eigenvalue weighted by atomic mass is 10.0. The number of carboxylic acid groups (broad SMARTS) is 1. The fraction of sp³-hybridized carbons (Fsp3) is 0.348. The highest BCUT2D eigenvalue weighted by atomic mass is 16.4. The van der Waals surface area contributed by atoms with Gasteiger partial charge in [-0.25, -0.2) is 9.78 Å². The van der Waals surface area contributed by atoms with Crippen LogP contribution >= 0.6 is 0 Å². The van der Waals surface area contributed by atoms with Crippen molar-refractivity contribution in [2.24, 2.45) is 0 Å². The van der Waals surface area contributed by atoms with Crippen LogP contribution in [0.15, 0.2) is 36.5 Å². The molecule has 0 spiro atoms. The SMILES string of the molecule is Cc1ccc(-c2nc3c(C)cccn3c2CC(=O)N2CCCC2C(=O)O)cc1C. The molecule has 1 aliphatic heterocycles. The van der Waals surface area contributed by atoms with Gasteiger partial charge < -0.3 is 14.4 Å². The molecule has 3 heterocycles. The van der Waals surface area contributed by atoms with Gasteiger partial charge in [-0.05, 0) is 62.4 Å². The van der Waals surface area contributed by atoms with Crippen LogP contribution in [0.5, 0.6) is 0 Å². The maximum absolute atomic E-state index is 13.1. The lowest BCUT2D eigenvalue weighted by molar-refractivity contribution is -0.148. The number of fused-ring (bicyclic) bond motifs is 1. The third-order valence-electron chi connectivity index (χ3n) is 5.90. The number of pyridine rings is 1. The van der Waals surface area contributed by atoms with Gasteiger partial charge in [0, 0.05) is 18.3 Å². The molecule has 29 heavy (non-hydrogen) atoms. The van der Waals surface area contributed by atoms with E-state index in [1.807, 2.05) is 35.7 Å². The molecule has 1 aliphatic rings. The van der Waals surface area contributed by atoms with Crippen molar-refractivity contribution in [1.82, 2.24) is 14.3 Å². The minimum atomic E-state index is -0.931. The van der Waals surface area contributed by atoms with Crippen LogP contribution in [0.3, 0.4) is 0 Å². The first-order valence-corrected chi connectivity index (χ1v) is 9.93. The minimum absolute atomic E-state index is 0.122. The van der Waals surface area contributed by atoms with Gasteiger partial charge in [0.1, 0.15) is 11.7 Å². The molecule has 0 radical (unpaired) electrons. The highest BCUT2D eigenvalue weighted by Crippen LogP contribution is 2.29. The zero-order chi connectivity index (χ0) is 20.7. The van der Waals surface area contributed by atoms with E-state index in [0.29, 0.717) is 13.0 Å². The van der Waals surface area contributed by atoms with Crippen LogP contribution < -0.4 is 0 Å². The number of benzene rings is 1. The fourth-order valence-corrected chi connectivity index (χ4v) is 4.11. The minimum Gasteiger partial charge on any atom is -0.480 e. The number of amides is 1. The molecule has 1 aromatic carbocycles. The number of likely N-dealkylation sites (tertiary alicyclic amines) is 1. The Labute approximate surface area is 169 Å². The van der Waals surface area contributed by atoms with E-state index < -0.39 is 12.0 Å². The molecule has 6 heteroatoms. The number of aryl methyl sites for hydroxylation is 3. The van der Waals surface area contributed by atoms with Gasteiger partial charge in [-0.15, -0.1) is 0 Å². The number of carbonyl (C=O) groups is 2. The Bertz CT molecular complexity index is 1120. The van der Waals surface area contributed by atoms with E-state index in [-0.39, 0.29) is 12.3 Å². The molecule has 150 valence electrons. The number of aliphatic carboxylic acids is 1. The molecule has 1 saturated heterocycles. The maximum Gasteiger partial charge on any atom is 0.326 e. The summed E-state index contributed by atoms with van der Waals surface area (Å²) in [5.41, 5.74) is 6.76. The van der Waals surface area contributed by atoms with Crippen LogP contribution in [-0.4, -0.2) is 43.9 Å². The second-order valence-corrected chi connectivity index (χ2v) is 7.85. The van der Waals surface area contributed by atoms with Gasteiger partial charge in [-0.3, -0.25) is 4.79 Å². The quantitative estimate of drug-likeness (QED) is 0.738. The zero-order valence-corrected chi connectivity index (χ0v) is 17.0. The lowest BCUT2D eigenvalue weighted by Gasteiger charge is -2.21. The van der Waals surface area contributed by atoms with Crippen LogP contribution in [0.1, 0.15) is 35.2 Å². The monoisotopic (exact) mass is 391 g/mol. The average molecular weight is 391 g/mol. The van der Waals surface area contributed by atoms with E-state index in [2.05, 4.69) is 26.0 Å². The van der Waals surface area contributed by atoms with Gasteiger partial charge in [-0.2, -0.15) is 0 Å². The summed E-state index contributed by atoms with van der Waals surface area (Å²) in [6, 6.07) is 9.40. The third kappa shape index (κ3) is 3.39. The Balaban J connectivity index is 1.80. The van der Waals surface area contributed by atoms with Crippen molar-refractivity contribution in [3.8, 4) is 11.3 Å². The summed E-state index contributed by atoms with van der Waals surface area (Å²) in [4.78, 5) is 31.0. The Morgan fingerprint density at radius 1 is 1.14 bits per heavy atom. The summed E-state index contributed by atoms with van der Waals surface area (Å²) in [6.07, 6.45) is 3.27. The van der Waals surface area contributed by atoms with Gasteiger partial charge in [-0.1, -0.05) is 18.2 Å². The van der Waals surface area contributed by atoms with Crippen molar-refractivity contribution >= 4 is 17.5 Å². The summed E-state index contributed by atoms with van der Waals surface area (Å²) in [5, 5.41) is 9.44. The summed E-state index contributed by atoms with van der Waals surface area (Å²) in [5.74, 6) is -1.09. The summed E-state index contributed by atoms with van der Waals surface area (Å²) >= 11 is 0. The number of hydrogen-bond donors (Lipinski definition) is 1. The van der Waals surface area contributed by atoms with Gasteiger partial charge in [0.25, 0.3) is 0 Å². The Hall–Kier alpha value is -3.15. The molecule has 6 nitrogen and oxygen atoms in total. The molecule has 2 aromatic heterocycles. The van der Waals surface area contributed by atoms with E-state index in [1.54, 1.807) is 0 Å². The third-order valence-corrected chi connectivity index (χ3v) is 5.90. The van der Waals surface area contributed by atoms with Gasteiger partial charge >= 0.3 is 5.97 Å². The number of rotatable bonds is 4. The first kappa shape index (κ1) is 19.2. The molecule has 0 saturated carbocycles. The van der Waals surface area contributed by atoms with Crippen LogP contribution in [0.4, 0.5) is 0 Å². The van der Waals surface area contributed by atoms with Gasteiger partial charge in [0.15, 0.2) is 0 Å². The van der Waals surface area contributed by atoms with E-state index in [0.717, 1.165) is 34.6 Å². The van der Waals surface area contributed by atoms with E-state index in [1.165, 1.54) is 16.0 Å². The average Bonchev–Trinajstić information content (AvgIpc) is 3.30. The first-order valence-electron chi connectivity index (χ1n) is 9.93. The van der Waals surface area contributed by atoms with Crippen molar-refractivity contribution < 1.29 is 14.7 Å². The summed E-state index contributed by atoms with van der Waals surface area (Å²) in [7, 11) is 0. The van der Waals surface area contributed by atoms with Crippen LogP contribution in [0, 0.1) is 20.8 Å². The predicted octanol–water partition coefficient (Wildman–Crippen LogP) is 3.54. The topological polar surface area (TPSA) is 74.9 Å². The normalized spacial score (nSPS) is 16.5. The molecule has 3 aromatic rings. The van der Waals surface area contributed by atoms with Crippen LogP contribution in [0.2, 0.25) is 0 Å². The van der Waals surface area contributed by atoms with E-state index in [9.17, 15) is 14.7 Å². The number of hydrogen-bond acceptors (Lipinski definition) is 3. The molecule has 1 atom stereocenters. The van der Waals surface area contributed by atoms with Crippen molar-refractivity contribution in [3.63, 3.8) is 0 Å². The molecule has 1 fully saturated rings. The molecular weight excluding hydrogens is 366 g/mol. The highest BCUT2D eigenvalue weighted by molar-refractivity contribution is 5.87. The summed E-state index contributed by atoms with van der Waals surface area (Å²) < 4.78 is 1.96. The highest BCUT2D eigenvalue weighted by Gasteiger charge is 2.34. The van der Waals surface area contributed by atoms with Crippen LogP contribution in [-0.2, 0) is 16.0 Å². The Kier molecular flexibility index (Phi) is 4.86. The van der Waals surface area contributed by atoms with E-state index in [4.69, 9.17) is 4.98 Å². The largest absolute Gasteiger partial charge is 0.480 e. The molecule has 1 N–H and O–H groups in total. The Morgan fingerprint density at radius 3 is 2.66 bits per heavy atom. The number of aromatic nitrogens is 2. The molecule has 0 aliphatic carbocycles. The first-order chi connectivity index (χ1) is 13.9. The predicted molar refractivity (Wildman–Crippen MR) is 111 cm³/mol. The van der Waals surface area contributed by atoms with Crippen molar-refractivity contribution in [3.05, 3.63) is 58.9 Å². The van der Waals surface area contributed by atoms with Gasteiger partial charge in [0.2, 0.25) is 5.91 Å². The molecule has 1 amide bonds. The fourth-order valence-electron chi connectivity index (χ4n) is 4.11. The number of carbonyl (C=O) groups excluding carboxylic acids is 1. The van der Waals surface area contributed by atoms with Crippen molar-refractivity contribution in [2.45, 2.75) is 46.1 Å². The molecule has 1 unspecified atom stereocenters. The lowest BCUT2D eigenvalue weighted by Crippen LogP contribution is -2.41. The second-order valence-electron chi connectivity index (χ2n) is 7.85. The summed E-state index contributed by atoms with van der Waals surface area (Å²) in [6.45, 7) is 6.62. The zero-order valence-electron chi connectivity index (χ0n) is 17.0. The van der Waals surface area contributed by atoms with Crippen molar-refractivity contribution in [2.75, 3.05) is 6.54 Å². The van der Waals surface area contributed by atoms with E-state index >= 15 is 0 Å². The maximum atomic E-state index is 13.1. The number of carboxylic acids is 1. The molecule has 4 rings (SSSR count). The molecule has 0 bridgehead atoms. The standard InChI is InChI=1S/C23H25N3O3/c1-14-8-9-17(12-16(14)3)21-19(26-11-4-6-15(2)22(26)24-21)13-20(27)25-10-5-7-18(25)23(28)29/h4,6,8-9,11-12,18H,5,7,10,13H2,1-3H3,(H,28,29). The number of imidazole rings is 1. The molecular formula is C23H25N3O3. The van der Waals surface area contributed by atoms with Crippen LogP contribution in [0.25, 0.3) is 16.9 Å². The smallest absolute Gasteiger partial charge is 0.326 e. The van der Waals surface area contributed by atoms with Crippen molar-refractivity contribution in [1.29, 1.82) is 0 Å². The van der Waals surface area contributed by atoms with Gasteiger partial charge in [0.05, 0.1) is 17.8 Å².